The first-order valence-corrected chi connectivity index (χ1v) is 16.3. The number of carbonyl (C=O) groups excluding carboxylic acids is 2. The van der Waals surface area contributed by atoms with Crippen LogP contribution in [0.4, 0.5) is 0 Å². The van der Waals surface area contributed by atoms with Crippen LogP contribution in [0.1, 0.15) is 53.6 Å². The van der Waals surface area contributed by atoms with E-state index in [0.29, 0.717) is 56.2 Å². The number of hydrogen-bond acceptors (Lipinski definition) is 4. The highest BCUT2D eigenvalue weighted by atomic mass is 79.9. The van der Waals surface area contributed by atoms with Crippen molar-refractivity contribution < 1.29 is 14.3 Å². The Kier molecular flexibility index (Phi) is 9.31. The van der Waals surface area contributed by atoms with Crippen molar-refractivity contribution in [2.45, 2.75) is 43.1 Å². The van der Waals surface area contributed by atoms with E-state index in [1.54, 1.807) is 25.3 Å². The van der Waals surface area contributed by atoms with E-state index in [1.807, 2.05) is 47.4 Å². The van der Waals surface area contributed by atoms with Crippen LogP contribution in [0, 0.1) is 5.92 Å². The summed E-state index contributed by atoms with van der Waals surface area (Å²) in [6.45, 7) is 3.97. The molecule has 42 heavy (non-hydrogen) atoms. The topological polar surface area (TPSA) is 84.7 Å². The molecular formula is C32H33Br2Cl2N3O3. The number of methoxy groups -OCH3 is 1. The summed E-state index contributed by atoms with van der Waals surface area (Å²) in [6, 6.07) is 18.9. The van der Waals surface area contributed by atoms with Crippen molar-refractivity contribution in [3.05, 3.63) is 96.3 Å². The summed E-state index contributed by atoms with van der Waals surface area (Å²) in [5.41, 5.74) is 6.74. The van der Waals surface area contributed by atoms with Gasteiger partial charge < -0.3 is 20.7 Å². The van der Waals surface area contributed by atoms with Crippen molar-refractivity contribution in [3.63, 3.8) is 0 Å². The van der Waals surface area contributed by atoms with Crippen LogP contribution in [0.3, 0.4) is 0 Å². The molecular weight excluding hydrogens is 705 g/mol. The van der Waals surface area contributed by atoms with Crippen LogP contribution in [0.2, 0.25) is 10.0 Å². The van der Waals surface area contributed by atoms with Gasteiger partial charge in [0.2, 0.25) is 5.91 Å². The van der Waals surface area contributed by atoms with Gasteiger partial charge in [-0.3, -0.25) is 9.59 Å². The highest BCUT2D eigenvalue weighted by Gasteiger charge is 2.64. The first kappa shape index (κ1) is 31.3. The molecule has 2 aliphatic rings. The van der Waals surface area contributed by atoms with Crippen LogP contribution >= 0.6 is 55.1 Å². The number of primary amides is 1. The Labute approximate surface area is 273 Å². The van der Waals surface area contributed by atoms with Gasteiger partial charge in [0.15, 0.2) is 0 Å². The third-order valence-electron chi connectivity index (χ3n) is 9.26. The van der Waals surface area contributed by atoms with E-state index in [2.05, 4.69) is 44.1 Å². The Morgan fingerprint density at radius 1 is 1.07 bits per heavy atom. The molecule has 0 radical (unpaired) electrons. The Balaban J connectivity index is 1.81. The summed E-state index contributed by atoms with van der Waals surface area (Å²) in [4.78, 5) is 30.7. The number of nitrogens with one attached hydrogen (secondary N) is 1. The second-order valence-corrected chi connectivity index (χ2v) is 13.5. The SMILES string of the molecule is CCC1(C2CCNC2)C(c2ccc(Cl)c(Cl)c2)C(C(N)=O)(c2ccccc2)CCN1C(=O)c1cc(Br)c(OC)c(Br)c1. The second kappa shape index (κ2) is 12.5. The van der Waals surface area contributed by atoms with Crippen molar-refractivity contribution in [1.29, 1.82) is 0 Å². The molecule has 6 nitrogen and oxygen atoms in total. The number of carbonyl (C=O) groups is 2. The number of halogens is 4. The number of benzene rings is 3. The van der Waals surface area contributed by atoms with Crippen LogP contribution in [0.5, 0.6) is 5.75 Å². The Bertz CT molecular complexity index is 1480. The molecule has 2 saturated heterocycles. The Morgan fingerprint density at radius 3 is 2.31 bits per heavy atom. The number of piperidine rings is 1. The first-order valence-electron chi connectivity index (χ1n) is 14.0. The molecule has 0 spiro atoms. The number of rotatable bonds is 7. The molecule has 3 aromatic carbocycles. The summed E-state index contributed by atoms with van der Waals surface area (Å²) in [5.74, 6) is -0.395. The summed E-state index contributed by atoms with van der Waals surface area (Å²) >= 11 is 20.2. The molecule has 3 aromatic rings. The predicted octanol–water partition coefficient (Wildman–Crippen LogP) is 7.34. The van der Waals surface area contributed by atoms with Gasteiger partial charge in [-0.05, 0) is 99.0 Å². The van der Waals surface area contributed by atoms with Crippen LogP contribution in [0.15, 0.2) is 69.6 Å². The lowest BCUT2D eigenvalue weighted by Crippen LogP contribution is -2.70. The molecule has 4 atom stereocenters. The van der Waals surface area contributed by atoms with Gasteiger partial charge >= 0.3 is 0 Å². The maximum Gasteiger partial charge on any atom is 0.254 e. The Morgan fingerprint density at radius 2 is 1.76 bits per heavy atom. The molecule has 0 aliphatic carbocycles. The quantitative estimate of drug-likeness (QED) is 0.266. The third kappa shape index (κ3) is 5.07. The van der Waals surface area contributed by atoms with Crippen molar-refractivity contribution in [1.82, 2.24) is 10.2 Å². The van der Waals surface area contributed by atoms with Gasteiger partial charge in [0.05, 0.1) is 37.1 Å². The van der Waals surface area contributed by atoms with E-state index in [9.17, 15) is 9.59 Å². The number of amides is 2. The van der Waals surface area contributed by atoms with Crippen LogP contribution in [-0.2, 0) is 10.2 Å². The summed E-state index contributed by atoms with van der Waals surface area (Å²) in [6.07, 6.45) is 1.79. The molecule has 10 heteroatoms. The molecule has 5 rings (SSSR count). The molecule has 222 valence electrons. The molecule has 2 fully saturated rings. The van der Waals surface area contributed by atoms with E-state index >= 15 is 0 Å². The molecule has 3 N–H and O–H groups in total. The number of likely N-dealkylation sites (tertiary alicyclic amines) is 1. The number of nitrogens with two attached hydrogens (primary N) is 1. The minimum atomic E-state index is -1.10. The second-order valence-electron chi connectivity index (χ2n) is 11.0. The van der Waals surface area contributed by atoms with Gasteiger partial charge in [0, 0.05) is 24.6 Å². The lowest BCUT2D eigenvalue weighted by molar-refractivity contribution is -0.131. The molecule has 0 bridgehead atoms. The van der Waals surface area contributed by atoms with E-state index in [4.69, 9.17) is 33.7 Å². The minimum Gasteiger partial charge on any atom is -0.494 e. The zero-order valence-electron chi connectivity index (χ0n) is 23.4. The minimum absolute atomic E-state index is 0.0405. The summed E-state index contributed by atoms with van der Waals surface area (Å²) < 4.78 is 6.83. The number of hydrogen-bond donors (Lipinski definition) is 2. The number of nitrogens with zero attached hydrogens (tertiary/aromatic N) is 1. The normalized spacial score (nSPS) is 25.8. The van der Waals surface area contributed by atoms with Crippen LogP contribution in [-0.4, -0.2) is 49.0 Å². The maximum atomic E-state index is 14.7. The molecule has 2 amide bonds. The van der Waals surface area contributed by atoms with Crippen molar-refractivity contribution >= 4 is 66.9 Å². The summed E-state index contributed by atoms with van der Waals surface area (Å²) in [5, 5.41) is 4.33. The van der Waals surface area contributed by atoms with Gasteiger partial charge in [-0.25, -0.2) is 0 Å². The standard InChI is InChI=1S/C32H33Br2Cl2N3O3/c1-3-32(22-11-13-38-18-22)28(19-9-10-25(35)26(36)17-19)31(30(37)41,21-7-5-4-6-8-21)12-14-39(32)29(40)20-15-23(33)27(42-2)24(34)16-20/h4-10,15-17,22,28,38H,3,11-14,18H2,1-2H3,(H2,37,41). The first-order chi connectivity index (χ1) is 20.1. The fraction of sp³-hybridized carbons (Fsp3) is 0.375. The van der Waals surface area contributed by atoms with Crippen molar-refractivity contribution in [3.8, 4) is 5.75 Å². The molecule has 2 aliphatic heterocycles. The highest BCUT2D eigenvalue weighted by molar-refractivity contribution is 9.11. The van der Waals surface area contributed by atoms with Gasteiger partial charge in [0.1, 0.15) is 5.75 Å². The number of ether oxygens (including phenoxy) is 1. The fourth-order valence-corrected chi connectivity index (χ4v) is 9.31. The lowest BCUT2D eigenvalue weighted by atomic mass is 9.51. The fourth-order valence-electron chi connectivity index (χ4n) is 7.49. The van der Waals surface area contributed by atoms with E-state index < -0.39 is 22.8 Å². The molecule has 4 unspecified atom stereocenters. The predicted molar refractivity (Wildman–Crippen MR) is 175 cm³/mol. The van der Waals surface area contributed by atoms with E-state index in [0.717, 1.165) is 24.1 Å². The lowest BCUT2D eigenvalue weighted by Gasteiger charge is -2.61. The molecule has 2 heterocycles. The van der Waals surface area contributed by atoms with E-state index in [-0.39, 0.29) is 11.8 Å². The van der Waals surface area contributed by atoms with Gasteiger partial charge in [-0.1, -0.05) is 66.5 Å². The Hall–Kier alpha value is -2.10. The zero-order valence-corrected chi connectivity index (χ0v) is 28.1. The van der Waals surface area contributed by atoms with Gasteiger partial charge in [-0.15, -0.1) is 0 Å². The molecule has 0 aromatic heterocycles. The van der Waals surface area contributed by atoms with Gasteiger partial charge in [0.25, 0.3) is 5.91 Å². The smallest absolute Gasteiger partial charge is 0.254 e. The highest BCUT2D eigenvalue weighted by Crippen LogP contribution is 2.58. The average molecular weight is 738 g/mol. The monoisotopic (exact) mass is 735 g/mol. The van der Waals surface area contributed by atoms with E-state index in [1.165, 1.54) is 0 Å². The summed E-state index contributed by atoms with van der Waals surface area (Å²) in [7, 11) is 1.58. The van der Waals surface area contributed by atoms with Crippen LogP contribution in [0.25, 0.3) is 0 Å². The average Bonchev–Trinajstić information content (AvgIpc) is 3.53. The van der Waals surface area contributed by atoms with Crippen molar-refractivity contribution in [2.24, 2.45) is 11.7 Å². The van der Waals surface area contributed by atoms with Gasteiger partial charge in [-0.2, -0.15) is 0 Å². The van der Waals surface area contributed by atoms with Crippen LogP contribution < -0.4 is 15.8 Å². The zero-order chi connectivity index (χ0) is 30.2. The molecule has 0 saturated carbocycles. The third-order valence-corrected chi connectivity index (χ3v) is 11.2. The maximum absolute atomic E-state index is 14.7. The largest absolute Gasteiger partial charge is 0.494 e. The van der Waals surface area contributed by atoms with Crippen molar-refractivity contribution in [2.75, 3.05) is 26.7 Å².